The van der Waals surface area contributed by atoms with Crippen LogP contribution in [0, 0.1) is 0 Å². The van der Waals surface area contributed by atoms with E-state index in [9.17, 15) is 14.4 Å². The Morgan fingerprint density at radius 2 is 2.12 bits per heavy atom. The predicted molar refractivity (Wildman–Crippen MR) is 97.4 cm³/mol. The number of esters is 2. The maximum absolute atomic E-state index is 12.0. The van der Waals surface area contributed by atoms with E-state index in [4.69, 9.17) is 9.47 Å². The molecule has 26 heavy (non-hydrogen) atoms. The van der Waals surface area contributed by atoms with Gasteiger partial charge < -0.3 is 9.47 Å². The van der Waals surface area contributed by atoms with Gasteiger partial charge in [-0.3, -0.25) is 14.9 Å². The van der Waals surface area contributed by atoms with E-state index >= 15 is 0 Å². The molecule has 0 atom stereocenters. The monoisotopic (exact) mass is 395 g/mol. The number of aromatic nitrogens is 2. The fourth-order valence-electron chi connectivity index (χ4n) is 1.88. The fourth-order valence-corrected chi connectivity index (χ4v) is 3.14. The number of thioether (sulfide) groups is 1. The Kier molecular flexibility index (Phi) is 7.54. The summed E-state index contributed by atoms with van der Waals surface area (Å²) in [7, 11) is 0. The van der Waals surface area contributed by atoms with Crippen LogP contribution < -0.4 is 5.32 Å². The first-order valence-electron chi connectivity index (χ1n) is 7.59. The quantitative estimate of drug-likeness (QED) is 0.535. The largest absolute Gasteiger partial charge is 0.466 e. The number of hydrogen-bond acceptors (Lipinski definition) is 9. The van der Waals surface area contributed by atoms with Crippen molar-refractivity contribution in [3.05, 3.63) is 35.0 Å². The van der Waals surface area contributed by atoms with Crippen LogP contribution in [-0.4, -0.2) is 47.3 Å². The zero-order valence-electron chi connectivity index (χ0n) is 14.2. The Morgan fingerprint density at radius 1 is 1.31 bits per heavy atom. The summed E-state index contributed by atoms with van der Waals surface area (Å²) in [6.07, 6.45) is 3.40. The smallest absolute Gasteiger partial charge is 0.341 e. The highest BCUT2D eigenvalue weighted by atomic mass is 32.2. The lowest BCUT2D eigenvalue weighted by Gasteiger charge is -2.06. The third kappa shape index (κ3) is 5.81. The number of rotatable bonds is 8. The molecule has 0 saturated heterocycles. The Hall–Kier alpha value is -2.46. The summed E-state index contributed by atoms with van der Waals surface area (Å²) in [5.41, 5.74) is 0.805. The molecule has 0 unspecified atom stereocenters. The fraction of sp³-hybridized carbons (Fsp3) is 0.312. The van der Waals surface area contributed by atoms with E-state index in [1.807, 2.05) is 0 Å². The van der Waals surface area contributed by atoms with Crippen molar-refractivity contribution in [2.45, 2.75) is 18.4 Å². The summed E-state index contributed by atoms with van der Waals surface area (Å²) in [6, 6.07) is 3.21. The van der Waals surface area contributed by atoms with E-state index in [1.54, 1.807) is 36.9 Å². The standard InChI is InChI=1S/C16H17N3O5S2/c1-3-23-13(21)7-10-9-26-16(18-10)19-12(20)8-24-15(22)11-5-4-6-17-14(11)25-2/h4-6,9H,3,7-8H2,1-2H3,(H,18,19,20). The van der Waals surface area contributed by atoms with Gasteiger partial charge in [0.25, 0.3) is 5.91 Å². The second-order valence-corrected chi connectivity index (χ2v) is 6.46. The molecule has 0 bridgehead atoms. The normalized spacial score (nSPS) is 10.2. The molecule has 0 radical (unpaired) electrons. The lowest BCUT2D eigenvalue weighted by atomic mass is 10.3. The first-order chi connectivity index (χ1) is 12.5. The molecule has 0 aromatic carbocycles. The van der Waals surface area contributed by atoms with Crippen molar-refractivity contribution in [2.24, 2.45) is 0 Å². The van der Waals surface area contributed by atoms with Gasteiger partial charge in [0.15, 0.2) is 11.7 Å². The molecule has 2 heterocycles. The highest BCUT2D eigenvalue weighted by Crippen LogP contribution is 2.18. The minimum Gasteiger partial charge on any atom is -0.466 e. The molecule has 2 aromatic rings. The van der Waals surface area contributed by atoms with Crippen LogP contribution in [0.2, 0.25) is 0 Å². The number of amides is 1. The van der Waals surface area contributed by atoms with Gasteiger partial charge in [0.2, 0.25) is 0 Å². The number of ether oxygens (including phenoxy) is 2. The van der Waals surface area contributed by atoms with Crippen LogP contribution in [0.3, 0.4) is 0 Å². The van der Waals surface area contributed by atoms with Crippen molar-refractivity contribution in [1.82, 2.24) is 9.97 Å². The van der Waals surface area contributed by atoms with Crippen molar-refractivity contribution >= 4 is 46.1 Å². The molecule has 1 N–H and O–H groups in total. The van der Waals surface area contributed by atoms with Crippen molar-refractivity contribution < 1.29 is 23.9 Å². The number of nitrogens with one attached hydrogen (secondary N) is 1. The Balaban J connectivity index is 1.84. The Morgan fingerprint density at radius 3 is 2.85 bits per heavy atom. The molecular formula is C16H17N3O5S2. The van der Waals surface area contributed by atoms with Crippen LogP contribution in [0.25, 0.3) is 0 Å². The molecule has 2 aromatic heterocycles. The van der Waals surface area contributed by atoms with Crippen LogP contribution in [0.5, 0.6) is 0 Å². The van der Waals surface area contributed by atoms with Crippen LogP contribution in [-0.2, 0) is 25.5 Å². The first-order valence-corrected chi connectivity index (χ1v) is 9.70. The van der Waals surface area contributed by atoms with Crippen LogP contribution in [0.4, 0.5) is 5.13 Å². The van der Waals surface area contributed by atoms with Gasteiger partial charge in [0, 0.05) is 11.6 Å². The summed E-state index contributed by atoms with van der Waals surface area (Å²) < 4.78 is 9.84. The Labute approximate surface area is 158 Å². The average Bonchev–Trinajstić information content (AvgIpc) is 3.06. The minimum absolute atomic E-state index is 0.0354. The Bertz CT molecular complexity index is 794. The van der Waals surface area contributed by atoms with Crippen molar-refractivity contribution in [1.29, 1.82) is 0 Å². The van der Waals surface area contributed by atoms with Gasteiger partial charge >= 0.3 is 11.9 Å². The molecule has 8 nitrogen and oxygen atoms in total. The maximum atomic E-state index is 12.0. The van der Waals surface area contributed by atoms with Crippen molar-refractivity contribution in [3.8, 4) is 0 Å². The van der Waals surface area contributed by atoms with E-state index in [0.29, 0.717) is 28.0 Å². The van der Waals surface area contributed by atoms with Gasteiger partial charge in [-0.25, -0.2) is 14.8 Å². The predicted octanol–water partition coefficient (Wildman–Crippen LogP) is 2.16. The second kappa shape index (κ2) is 9.88. The van der Waals surface area contributed by atoms with E-state index in [-0.39, 0.29) is 12.4 Å². The van der Waals surface area contributed by atoms with Gasteiger partial charge in [-0.1, -0.05) is 0 Å². The molecular weight excluding hydrogens is 378 g/mol. The van der Waals surface area contributed by atoms with E-state index in [2.05, 4.69) is 15.3 Å². The van der Waals surface area contributed by atoms with Crippen LogP contribution in [0.1, 0.15) is 23.0 Å². The number of thiazole rings is 1. The maximum Gasteiger partial charge on any atom is 0.341 e. The van der Waals surface area contributed by atoms with Crippen LogP contribution in [0.15, 0.2) is 28.7 Å². The SMILES string of the molecule is CCOC(=O)Cc1csc(NC(=O)COC(=O)c2cccnc2SC)n1. The number of carbonyl (C=O) groups is 3. The second-order valence-electron chi connectivity index (χ2n) is 4.81. The molecule has 138 valence electrons. The average molecular weight is 395 g/mol. The van der Waals surface area contributed by atoms with E-state index < -0.39 is 18.5 Å². The summed E-state index contributed by atoms with van der Waals surface area (Å²) in [6.45, 7) is 1.57. The van der Waals surface area contributed by atoms with Gasteiger partial charge in [-0.05, 0) is 25.3 Å². The van der Waals surface area contributed by atoms with Crippen molar-refractivity contribution in [2.75, 3.05) is 24.8 Å². The highest BCUT2D eigenvalue weighted by Gasteiger charge is 2.16. The third-order valence-corrected chi connectivity index (χ3v) is 4.47. The third-order valence-electron chi connectivity index (χ3n) is 2.95. The van der Waals surface area contributed by atoms with Crippen molar-refractivity contribution in [3.63, 3.8) is 0 Å². The molecule has 0 aliphatic carbocycles. The van der Waals surface area contributed by atoms with E-state index in [0.717, 1.165) is 0 Å². The minimum atomic E-state index is -0.625. The topological polar surface area (TPSA) is 107 Å². The molecule has 0 aliphatic heterocycles. The van der Waals surface area contributed by atoms with Gasteiger partial charge in [-0.2, -0.15) is 0 Å². The lowest BCUT2D eigenvalue weighted by molar-refractivity contribution is -0.142. The lowest BCUT2D eigenvalue weighted by Crippen LogP contribution is -2.21. The number of hydrogen-bond donors (Lipinski definition) is 1. The highest BCUT2D eigenvalue weighted by molar-refractivity contribution is 7.98. The number of carbonyl (C=O) groups excluding carboxylic acids is 3. The first kappa shape index (κ1) is 19.9. The summed E-state index contributed by atoms with van der Waals surface area (Å²) >= 11 is 2.48. The molecule has 0 spiro atoms. The number of anilines is 1. The summed E-state index contributed by atoms with van der Waals surface area (Å²) in [5, 5.41) is 5.02. The summed E-state index contributed by atoms with van der Waals surface area (Å²) in [4.78, 5) is 43.5. The van der Waals surface area contributed by atoms with Gasteiger partial charge in [0.05, 0.1) is 24.3 Å². The molecule has 0 fully saturated rings. The van der Waals surface area contributed by atoms with Gasteiger partial charge in [-0.15, -0.1) is 23.1 Å². The molecule has 0 aliphatic rings. The molecule has 2 rings (SSSR count). The molecule has 0 saturated carbocycles. The number of nitrogens with zero attached hydrogens (tertiary/aromatic N) is 2. The molecule has 1 amide bonds. The zero-order valence-corrected chi connectivity index (χ0v) is 15.8. The van der Waals surface area contributed by atoms with E-state index in [1.165, 1.54) is 23.1 Å². The zero-order chi connectivity index (χ0) is 18.9. The molecule has 10 heteroatoms. The number of pyridine rings is 1. The van der Waals surface area contributed by atoms with Gasteiger partial charge in [0.1, 0.15) is 5.03 Å². The summed E-state index contributed by atoms with van der Waals surface area (Å²) in [5.74, 6) is -1.53. The van der Waals surface area contributed by atoms with Crippen LogP contribution >= 0.6 is 23.1 Å².